The van der Waals surface area contributed by atoms with Gasteiger partial charge in [0.2, 0.25) is 11.8 Å². The molecule has 46 heavy (non-hydrogen) atoms. The normalized spacial score (nSPS) is 11.3. The van der Waals surface area contributed by atoms with E-state index in [1.165, 1.54) is 21.7 Å². The molecular weight excluding hydrogens is 577 g/mol. The Labute approximate surface area is 266 Å². The Kier molecular flexibility index (Phi) is 9.22. The first kappa shape index (κ1) is 30.0. The number of fused-ring (bicyclic) bond motifs is 1. The maximum Gasteiger partial charge on any atom is 0.247 e. The van der Waals surface area contributed by atoms with Crippen LogP contribution in [0.2, 0.25) is 0 Å². The van der Waals surface area contributed by atoms with Crippen LogP contribution in [0.5, 0.6) is 0 Å². The van der Waals surface area contributed by atoms with Crippen LogP contribution >= 0.6 is 0 Å². The highest BCUT2D eigenvalue weighted by Crippen LogP contribution is 2.26. The Morgan fingerprint density at radius 1 is 0.761 bits per heavy atom. The summed E-state index contributed by atoms with van der Waals surface area (Å²) in [4.78, 5) is 30.0. The number of hydrogen-bond acceptors (Lipinski definition) is 4. The van der Waals surface area contributed by atoms with Gasteiger partial charge in [0.1, 0.15) is 23.9 Å². The summed E-state index contributed by atoms with van der Waals surface area (Å²) < 4.78 is 15.4. The summed E-state index contributed by atoms with van der Waals surface area (Å²) in [5.41, 5.74) is 5.07. The Morgan fingerprint density at radius 3 is 2.22 bits per heavy atom. The van der Waals surface area contributed by atoms with E-state index >= 15 is 0 Å². The molecule has 1 unspecified atom stereocenters. The van der Waals surface area contributed by atoms with Crippen molar-refractivity contribution in [3.05, 3.63) is 167 Å². The molecule has 0 saturated carbocycles. The molecular formula is C38H30FN5O2. The average molecular weight is 608 g/mol. The van der Waals surface area contributed by atoms with Crippen LogP contribution in [0.15, 0.2) is 133 Å². The second kappa shape index (κ2) is 14.1. The van der Waals surface area contributed by atoms with Gasteiger partial charge in [-0.05, 0) is 65.2 Å². The molecule has 226 valence electrons. The van der Waals surface area contributed by atoms with E-state index in [0.29, 0.717) is 27.7 Å². The zero-order chi connectivity index (χ0) is 31.7. The number of aromatic nitrogens is 3. The predicted molar refractivity (Wildman–Crippen MR) is 174 cm³/mol. The van der Waals surface area contributed by atoms with Crippen LogP contribution in [0.3, 0.4) is 0 Å². The molecule has 7 nitrogen and oxygen atoms in total. The van der Waals surface area contributed by atoms with E-state index in [4.69, 9.17) is 0 Å². The number of carbonyl (C=O) groups is 2. The van der Waals surface area contributed by atoms with Crippen molar-refractivity contribution in [1.82, 2.24) is 25.2 Å². The fraction of sp³-hybridized carbons (Fsp3) is 0.105. The number of benzene rings is 5. The third-order valence-electron chi connectivity index (χ3n) is 7.49. The van der Waals surface area contributed by atoms with Crippen molar-refractivity contribution >= 4 is 22.8 Å². The molecule has 0 aliphatic heterocycles. The van der Waals surface area contributed by atoms with Gasteiger partial charge in [0.25, 0.3) is 0 Å². The van der Waals surface area contributed by atoms with E-state index in [0.717, 1.165) is 11.1 Å². The van der Waals surface area contributed by atoms with Crippen molar-refractivity contribution in [2.45, 2.75) is 25.7 Å². The molecule has 1 heterocycles. The summed E-state index contributed by atoms with van der Waals surface area (Å²) in [6, 6.07) is 38.8. The lowest BCUT2D eigenvalue weighted by molar-refractivity contribution is -0.142. The third-order valence-corrected chi connectivity index (χ3v) is 7.49. The molecule has 0 radical (unpaired) electrons. The fourth-order valence-electron chi connectivity index (χ4n) is 5.17. The maximum absolute atomic E-state index is 14.3. The van der Waals surface area contributed by atoms with Crippen molar-refractivity contribution in [2.24, 2.45) is 0 Å². The van der Waals surface area contributed by atoms with Crippen molar-refractivity contribution in [3.8, 4) is 11.8 Å². The van der Waals surface area contributed by atoms with Gasteiger partial charge in [-0.2, -0.15) is 0 Å². The summed E-state index contributed by atoms with van der Waals surface area (Å²) in [6.45, 7) is 0.169. The molecule has 1 N–H and O–H groups in total. The number of amides is 2. The van der Waals surface area contributed by atoms with Crippen LogP contribution < -0.4 is 5.32 Å². The lowest BCUT2D eigenvalue weighted by Crippen LogP contribution is -2.44. The van der Waals surface area contributed by atoms with E-state index in [9.17, 15) is 14.0 Å². The minimum atomic E-state index is -1.03. The minimum absolute atomic E-state index is 0.0507. The molecule has 0 aliphatic carbocycles. The molecule has 6 rings (SSSR count). The lowest BCUT2D eigenvalue weighted by atomic mass is 10.00. The Hall–Kier alpha value is -6.07. The average Bonchev–Trinajstić information content (AvgIpc) is 3.50. The molecule has 5 aromatic carbocycles. The van der Waals surface area contributed by atoms with Gasteiger partial charge in [0.15, 0.2) is 0 Å². The fourth-order valence-corrected chi connectivity index (χ4v) is 5.17. The Balaban J connectivity index is 1.39. The molecule has 0 spiro atoms. The van der Waals surface area contributed by atoms with Crippen LogP contribution in [0.25, 0.3) is 11.0 Å². The van der Waals surface area contributed by atoms with Gasteiger partial charge < -0.3 is 10.2 Å². The monoisotopic (exact) mass is 607 g/mol. The van der Waals surface area contributed by atoms with Crippen molar-refractivity contribution in [1.29, 1.82) is 0 Å². The molecule has 8 heteroatoms. The van der Waals surface area contributed by atoms with E-state index < -0.39 is 11.9 Å². The van der Waals surface area contributed by atoms with Gasteiger partial charge >= 0.3 is 0 Å². The smallest absolute Gasteiger partial charge is 0.247 e. The topological polar surface area (TPSA) is 80.1 Å². The van der Waals surface area contributed by atoms with Gasteiger partial charge in [-0.3, -0.25) is 9.59 Å². The highest BCUT2D eigenvalue weighted by molar-refractivity contribution is 5.89. The van der Waals surface area contributed by atoms with Gasteiger partial charge in [-0.25, -0.2) is 9.07 Å². The molecule has 6 aromatic rings. The minimum Gasteiger partial charge on any atom is -0.350 e. The Morgan fingerprint density at radius 2 is 1.43 bits per heavy atom. The first-order valence-electron chi connectivity index (χ1n) is 14.8. The first-order valence-corrected chi connectivity index (χ1v) is 14.8. The number of nitrogens with one attached hydrogen (secondary N) is 1. The molecule has 0 saturated heterocycles. The molecule has 0 fully saturated rings. The number of nitrogens with zero attached hydrogens (tertiary/aromatic N) is 4. The molecule has 0 bridgehead atoms. The van der Waals surface area contributed by atoms with E-state index in [2.05, 4.69) is 27.5 Å². The van der Waals surface area contributed by atoms with Gasteiger partial charge in [0.05, 0.1) is 5.52 Å². The molecule has 2 amide bonds. The quantitative estimate of drug-likeness (QED) is 0.203. The van der Waals surface area contributed by atoms with Gasteiger partial charge in [0, 0.05) is 24.2 Å². The highest BCUT2D eigenvalue weighted by atomic mass is 19.1. The van der Waals surface area contributed by atoms with Crippen molar-refractivity contribution < 1.29 is 14.0 Å². The predicted octanol–water partition coefficient (Wildman–Crippen LogP) is 6.06. The largest absolute Gasteiger partial charge is 0.350 e. The summed E-state index contributed by atoms with van der Waals surface area (Å²) in [5, 5.41) is 11.4. The molecule has 1 aromatic heterocycles. The van der Waals surface area contributed by atoms with Crippen LogP contribution in [0.1, 0.15) is 33.9 Å². The summed E-state index contributed by atoms with van der Waals surface area (Å²) in [5.74, 6) is 5.23. The van der Waals surface area contributed by atoms with Gasteiger partial charge in [-0.1, -0.05) is 102 Å². The van der Waals surface area contributed by atoms with Gasteiger partial charge in [-0.15, -0.1) is 5.10 Å². The second-order valence-corrected chi connectivity index (χ2v) is 10.7. The number of hydrogen-bond donors (Lipinski definition) is 1. The lowest BCUT2D eigenvalue weighted by Gasteiger charge is -2.32. The Bertz CT molecular complexity index is 2020. The summed E-state index contributed by atoms with van der Waals surface area (Å²) in [7, 11) is 0. The van der Waals surface area contributed by atoms with Crippen LogP contribution in [-0.4, -0.2) is 31.7 Å². The van der Waals surface area contributed by atoms with Crippen LogP contribution in [0, 0.1) is 17.7 Å². The molecule has 1 atom stereocenters. The standard InChI is InChI=1S/C38H30FN5O2/c39-33-22-20-31(21-23-33)26-43(36(45)27-44-35-17-8-7-16-34(35)41-42-44)37(38(46)40-25-30-12-5-2-6-13-30)32-15-9-14-29(24-32)19-18-28-10-3-1-4-11-28/h1-17,20-24,37H,25-27H2,(H,40,46). The van der Waals surface area contributed by atoms with Crippen molar-refractivity contribution in [2.75, 3.05) is 0 Å². The highest BCUT2D eigenvalue weighted by Gasteiger charge is 2.32. The zero-order valence-electron chi connectivity index (χ0n) is 24.9. The zero-order valence-corrected chi connectivity index (χ0v) is 24.9. The number of para-hydroxylation sites is 1. The van der Waals surface area contributed by atoms with Crippen LogP contribution in [0.4, 0.5) is 4.39 Å². The third kappa shape index (κ3) is 7.34. The van der Waals surface area contributed by atoms with E-state index in [1.54, 1.807) is 12.1 Å². The number of carbonyl (C=O) groups excluding carboxylic acids is 2. The van der Waals surface area contributed by atoms with E-state index in [-0.39, 0.29) is 31.4 Å². The SMILES string of the molecule is O=C(NCc1ccccc1)C(c1cccc(C#Cc2ccccc2)c1)N(Cc1ccc(F)cc1)C(=O)Cn1nnc2ccccc21. The van der Waals surface area contributed by atoms with Crippen LogP contribution in [-0.2, 0) is 29.2 Å². The number of halogens is 1. The first-order chi connectivity index (χ1) is 22.5. The van der Waals surface area contributed by atoms with Crippen molar-refractivity contribution in [3.63, 3.8) is 0 Å². The summed E-state index contributed by atoms with van der Waals surface area (Å²) >= 11 is 0. The second-order valence-electron chi connectivity index (χ2n) is 10.7. The van der Waals surface area contributed by atoms with E-state index in [1.807, 2.05) is 109 Å². The molecule has 0 aliphatic rings. The summed E-state index contributed by atoms with van der Waals surface area (Å²) in [6.07, 6.45) is 0. The number of rotatable bonds is 9. The maximum atomic E-state index is 14.3.